The van der Waals surface area contributed by atoms with E-state index in [0.29, 0.717) is 46.9 Å². The maximum Gasteiger partial charge on any atom is 0.336 e. The Kier molecular flexibility index (Phi) is 7.58. The molecule has 3 atom stereocenters. The number of methoxy groups -OCH3 is 1. The van der Waals surface area contributed by atoms with Crippen molar-refractivity contribution in [3.8, 4) is 5.75 Å². The van der Waals surface area contributed by atoms with Crippen LogP contribution in [0.5, 0.6) is 5.75 Å². The average Bonchev–Trinajstić information content (AvgIpc) is 2.87. The molecule has 0 aromatic heterocycles. The van der Waals surface area contributed by atoms with Crippen LogP contribution in [-0.4, -0.2) is 31.4 Å². The molecule has 0 bridgehead atoms. The first-order valence-corrected chi connectivity index (χ1v) is 12.1. The number of dihydropyridines is 1. The molecule has 0 fully saturated rings. The average molecular weight is 490 g/mol. The largest absolute Gasteiger partial charge is 0.489 e. The summed E-state index contributed by atoms with van der Waals surface area (Å²) in [6, 6.07) is 17.1. The van der Waals surface area contributed by atoms with Crippen LogP contribution < -0.4 is 10.1 Å². The van der Waals surface area contributed by atoms with Crippen LogP contribution >= 0.6 is 0 Å². The van der Waals surface area contributed by atoms with Gasteiger partial charge in [-0.15, -0.1) is 0 Å². The van der Waals surface area contributed by atoms with E-state index in [4.69, 9.17) is 14.2 Å². The second-order valence-electron chi connectivity index (χ2n) is 9.07. The number of carbonyl (C=O) groups is 3. The van der Waals surface area contributed by atoms with E-state index in [9.17, 15) is 14.4 Å². The third-order valence-electron chi connectivity index (χ3n) is 6.71. The van der Waals surface area contributed by atoms with Gasteiger partial charge in [0.2, 0.25) is 0 Å². The van der Waals surface area contributed by atoms with Gasteiger partial charge in [0.25, 0.3) is 0 Å². The van der Waals surface area contributed by atoms with Gasteiger partial charge in [0.05, 0.1) is 25.2 Å². The van der Waals surface area contributed by atoms with Crippen LogP contribution in [0.4, 0.5) is 0 Å². The number of ketones is 1. The molecule has 0 radical (unpaired) electrons. The molecule has 1 aliphatic carbocycles. The fourth-order valence-corrected chi connectivity index (χ4v) is 5.06. The first-order chi connectivity index (χ1) is 17.4. The summed E-state index contributed by atoms with van der Waals surface area (Å²) in [6.07, 6.45) is 0.470. The molecule has 0 amide bonds. The zero-order chi connectivity index (χ0) is 25.8. The number of Topliss-reactive ketones (excluding diaryl/α,β-unsaturated/α-hetero) is 1. The smallest absolute Gasteiger partial charge is 0.336 e. The monoisotopic (exact) mass is 489 g/mol. The minimum atomic E-state index is -0.947. The van der Waals surface area contributed by atoms with Crippen molar-refractivity contribution in [3.05, 3.63) is 88.3 Å². The number of rotatable bonds is 7. The lowest BCUT2D eigenvalue weighted by atomic mass is 9.69. The Morgan fingerprint density at radius 2 is 1.75 bits per heavy atom. The molecule has 36 heavy (non-hydrogen) atoms. The number of nitrogens with one attached hydrogen (secondary N) is 1. The molecule has 4 rings (SSSR count). The van der Waals surface area contributed by atoms with Crippen LogP contribution in [0.3, 0.4) is 0 Å². The number of hydrogen-bond acceptors (Lipinski definition) is 7. The summed E-state index contributed by atoms with van der Waals surface area (Å²) in [6.45, 7) is 5.91. The molecule has 1 aliphatic heterocycles. The zero-order valence-electron chi connectivity index (χ0n) is 21.0. The maximum atomic E-state index is 13.9. The molecule has 0 saturated heterocycles. The molecule has 0 saturated carbocycles. The summed E-state index contributed by atoms with van der Waals surface area (Å²) in [5.74, 6) is -2.83. The molecule has 2 aliphatic rings. The Balaban J connectivity index is 1.84. The van der Waals surface area contributed by atoms with Crippen molar-refractivity contribution >= 4 is 17.7 Å². The Labute approximate surface area is 211 Å². The van der Waals surface area contributed by atoms with Crippen molar-refractivity contribution in [1.29, 1.82) is 0 Å². The van der Waals surface area contributed by atoms with E-state index < -0.39 is 23.8 Å². The van der Waals surface area contributed by atoms with Crippen molar-refractivity contribution in [2.24, 2.45) is 11.8 Å². The van der Waals surface area contributed by atoms with E-state index in [1.165, 1.54) is 7.11 Å². The Morgan fingerprint density at radius 3 is 2.44 bits per heavy atom. The van der Waals surface area contributed by atoms with Crippen LogP contribution in [0, 0.1) is 11.8 Å². The summed E-state index contributed by atoms with van der Waals surface area (Å²) in [4.78, 5) is 39.7. The quantitative estimate of drug-likeness (QED) is 0.454. The van der Waals surface area contributed by atoms with Gasteiger partial charge >= 0.3 is 11.9 Å². The lowest BCUT2D eigenvalue weighted by Crippen LogP contribution is -2.43. The summed E-state index contributed by atoms with van der Waals surface area (Å²) >= 11 is 0. The highest BCUT2D eigenvalue weighted by Crippen LogP contribution is 2.47. The van der Waals surface area contributed by atoms with Crippen molar-refractivity contribution < 1.29 is 28.6 Å². The second-order valence-corrected chi connectivity index (χ2v) is 9.07. The number of benzene rings is 2. The molecule has 1 heterocycles. The van der Waals surface area contributed by atoms with Gasteiger partial charge in [-0.25, -0.2) is 4.79 Å². The van der Waals surface area contributed by atoms with Crippen molar-refractivity contribution in [2.45, 2.75) is 39.7 Å². The van der Waals surface area contributed by atoms with E-state index in [1.807, 2.05) is 61.5 Å². The van der Waals surface area contributed by atoms with Gasteiger partial charge in [0.1, 0.15) is 18.3 Å². The maximum absolute atomic E-state index is 13.9. The molecule has 188 valence electrons. The van der Waals surface area contributed by atoms with Gasteiger partial charge in [0.15, 0.2) is 5.78 Å². The van der Waals surface area contributed by atoms with E-state index in [-0.39, 0.29) is 18.3 Å². The number of hydrogen-bond donors (Lipinski definition) is 1. The summed E-state index contributed by atoms with van der Waals surface area (Å²) in [5, 5.41) is 3.27. The normalized spacial score (nSPS) is 21.4. The van der Waals surface area contributed by atoms with Crippen LogP contribution in [0.2, 0.25) is 0 Å². The van der Waals surface area contributed by atoms with Gasteiger partial charge in [-0.05, 0) is 37.8 Å². The fourth-order valence-electron chi connectivity index (χ4n) is 5.06. The minimum absolute atomic E-state index is 0.191. The highest BCUT2D eigenvalue weighted by molar-refractivity contribution is 6.12. The van der Waals surface area contributed by atoms with E-state index >= 15 is 0 Å². The van der Waals surface area contributed by atoms with E-state index in [2.05, 4.69) is 5.32 Å². The molecule has 0 spiro atoms. The highest BCUT2D eigenvalue weighted by atomic mass is 16.5. The van der Waals surface area contributed by atoms with Crippen LogP contribution in [0.15, 0.2) is 77.1 Å². The van der Waals surface area contributed by atoms with Gasteiger partial charge in [0, 0.05) is 22.5 Å². The number of allylic oxidation sites excluding steroid dienone is 3. The van der Waals surface area contributed by atoms with Crippen LogP contribution in [0.25, 0.3) is 0 Å². The molecular formula is C29H31NO6. The van der Waals surface area contributed by atoms with E-state index in [1.54, 1.807) is 13.8 Å². The van der Waals surface area contributed by atoms with Crippen molar-refractivity contribution in [1.82, 2.24) is 5.32 Å². The molecule has 2 aromatic carbocycles. The second kappa shape index (κ2) is 10.8. The Bertz CT molecular complexity index is 1230. The topological polar surface area (TPSA) is 90.9 Å². The predicted molar refractivity (Wildman–Crippen MR) is 134 cm³/mol. The Hall–Kier alpha value is -3.87. The standard InChI is InChI=1S/C29H31NO6/c1-5-35-29(33)24-18(3)30-21-15-17(2)23(28(32)34-4)27(31)26(21)25(24)20-13-9-10-14-22(20)36-16-19-11-7-6-8-12-19/h6-14,17,23,25,30H,5,15-16H2,1-4H3/t17-,23+,25+/m1/s1. The molecule has 1 N–H and O–H groups in total. The van der Waals surface area contributed by atoms with Crippen molar-refractivity contribution in [3.63, 3.8) is 0 Å². The zero-order valence-corrected chi connectivity index (χ0v) is 21.0. The van der Waals surface area contributed by atoms with Crippen LogP contribution in [0.1, 0.15) is 44.2 Å². The lowest BCUT2D eigenvalue weighted by Gasteiger charge is -2.38. The highest BCUT2D eigenvalue weighted by Gasteiger charge is 2.47. The first-order valence-electron chi connectivity index (χ1n) is 12.1. The number of carbonyl (C=O) groups excluding carboxylic acids is 3. The molecule has 2 aromatic rings. The van der Waals surface area contributed by atoms with Gasteiger partial charge < -0.3 is 19.5 Å². The van der Waals surface area contributed by atoms with Crippen molar-refractivity contribution in [2.75, 3.05) is 13.7 Å². The third kappa shape index (κ3) is 4.78. The lowest BCUT2D eigenvalue weighted by molar-refractivity contribution is -0.151. The molecule has 7 heteroatoms. The minimum Gasteiger partial charge on any atom is -0.489 e. The van der Waals surface area contributed by atoms with Gasteiger partial charge in [-0.3, -0.25) is 9.59 Å². The summed E-state index contributed by atoms with van der Waals surface area (Å²) in [5.41, 5.74) is 3.69. The Morgan fingerprint density at radius 1 is 1.06 bits per heavy atom. The fraction of sp³-hybridized carbons (Fsp3) is 0.345. The number of esters is 2. The number of ether oxygens (including phenoxy) is 3. The van der Waals surface area contributed by atoms with Gasteiger partial charge in [-0.2, -0.15) is 0 Å². The van der Waals surface area contributed by atoms with E-state index in [0.717, 1.165) is 5.56 Å². The SMILES string of the molecule is CCOC(=O)C1=C(C)NC2=C(C(=O)[C@@H](C(=O)OC)[C@H](C)C2)[C@H]1c1ccccc1OCc1ccccc1. The first kappa shape index (κ1) is 25.2. The molecular weight excluding hydrogens is 458 g/mol. The molecule has 0 unspecified atom stereocenters. The van der Waals surface area contributed by atoms with Crippen LogP contribution in [-0.2, 0) is 30.5 Å². The predicted octanol–water partition coefficient (Wildman–Crippen LogP) is 4.44. The van der Waals surface area contributed by atoms with Gasteiger partial charge in [-0.1, -0.05) is 55.5 Å². The summed E-state index contributed by atoms with van der Waals surface area (Å²) in [7, 11) is 1.28. The summed E-state index contributed by atoms with van der Waals surface area (Å²) < 4.78 is 16.6. The molecule has 7 nitrogen and oxygen atoms in total. The third-order valence-corrected chi connectivity index (χ3v) is 6.71. The number of para-hydroxylation sites is 1.